The van der Waals surface area contributed by atoms with Crippen molar-refractivity contribution in [2.24, 2.45) is 16.7 Å². The number of likely N-dealkylation sites (tertiary alicyclic amines) is 1. The molecule has 1 saturated heterocycles. The van der Waals surface area contributed by atoms with Crippen LogP contribution in [0.1, 0.15) is 81.1 Å². The summed E-state index contributed by atoms with van der Waals surface area (Å²) in [5.41, 5.74) is 2.34. The minimum atomic E-state index is -0.300. The number of rotatable bonds is 5. The summed E-state index contributed by atoms with van der Waals surface area (Å²) in [6.45, 7) is 12.9. The first-order valence-electron chi connectivity index (χ1n) is 11.4. The Bertz CT molecular complexity index is 846. The average molecular weight is 433 g/mol. The summed E-state index contributed by atoms with van der Waals surface area (Å²) >= 11 is 1.57. The highest BCUT2D eigenvalue weighted by Gasteiger charge is 2.49. The molecule has 2 bridgehead atoms. The van der Waals surface area contributed by atoms with Crippen molar-refractivity contribution in [1.29, 1.82) is 0 Å². The van der Waals surface area contributed by atoms with Crippen molar-refractivity contribution in [2.75, 3.05) is 25.0 Å². The van der Waals surface area contributed by atoms with Gasteiger partial charge in [-0.2, -0.15) is 0 Å². The van der Waals surface area contributed by atoms with Gasteiger partial charge < -0.3 is 10.1 Å². The Hall–Kier alpha value is -1.40. The Labute approximate surface area is 184 Å². The Morgan fingerprint density at radius 2 is 2.03 bits per heavy atom. The second kappa shape index (κ2) is 7.94. The number of hydrogen-bond acceptors (Lipinski definition) is 5. The monoisotopic (exact) mass is 432 g/mol. The summed E-state index contributed by atoms with van der Waals surface area (Å²) in [7, 11) is 0. The van der Waals surface area contributed by atoms with E-state index in [2.05, 4.69) is 37.9 Å². The van der Waals surface area contributed by atoms with E-state index in [1.807, 2.05) is 6.92 Å². The SMILES string of the molecule is CCOC(=O)c1c(NC(=O)CN2C[C@@]3(C)C[C@H]2CC(C)(C)C3)sc2c1CC[C@H](C)C2. The van der Waals surface area contributed by atoms with E-state index in [9.17, 15) is 9.59 Å². The van der Waals surface area contributed by atoms with Gasteiger partial charge in [-0.3, -0.25) is 9.69 Å². The van der Waals surface area contributed by atoms with Crippen molar-refractivity contribution in [3.63, 3.8) is 0 Å². The van der Waals surface area contributed by atoms with Gasteiger partial charge in [0.05, 0.1) is 18.7 Å². The van der Waals surface area contributed by atoms with Crippen LogP contribution in [0.5, 0.6) is 0 Å². The van der Waals surface area contributed by atoms with Crippen molar-refractivity contribution >= 4 is 28.2 Å². The van der Waals surface area contributed by atoms with Crippen LogP contribution in [0.2, 0.25) is 0 Å². The van der Waals surface area contributed by atoms with Crippen LogP contribution >= 0.6 is 11.3 Å². The number of fused-ring (bicyclic) bond motifs is 3. The zero-order valence-corrected chi connectivity index (χ0v) is 19.9. The highest BCUT2D eigenvalue weighted by Crippen LogP contribution is 2.52. The number of nitrogens with one attached hydrogen (secondary N) is 1. The Morgan fingerprint density at radius 3 is 2.77 bits per heavy atom. The largest absolute Gasteiger partial charge is 0.462 e. The molecule has 3 aliphatic rings. The standard InChI is InChI=1S/C24H36N2O3S/c1-6-29-22(28)20-17-8-7-15(2)9-18(17)30-21(20)25-19(27)12-26-14-24(5)11-16(26)10-23(3,4)13-24/h15-16H,6-14H2,1-5H3,(H,25,27)/t15-,16+,24-/m0/s1. The first-order valence-corrected chi connectivity index (χ1v) is 12.3. The lowest BCUT2D eigenvalue weighted by Crippen LogP contribution is -2.38. The summed E-state index contributed by atoms with van der Waals surface area (Å²) in [6, 6.07) is 0.478. The molecular weight excluding hydrogens is 396 g/mol. The molecule has 6 heteroatoms. The highest BCUT2D eigenvalue weighted by molar-refractivity contribution is 7.17. The summed E-state index contributed by atoms with van der Waals surface area (Å²) in [4.78, 5) is 29.3. The molecule has 2 aliphatic carbocycles. The van der Waals surface area contributed by atoms with E-state index >= 15 is 0 Å². The van der Waals surface area contributed by atoms with Crippen molar-refractivity contribution in [3.05, 3.63) is 16.0 Å². The number of ether oxygens (including phenoxy) is 1. The fourth-order valence-electron chi connectivity index (χ4n) is 6.37. The van der Waals surface area contributed by atoms with Crippen LogP contribution in [0.15, 0.2) is 0 Å². The number of carbonyl (C=O) groups is 2. The third kappa shape index (κ3) is 4.31. The number of esters is 1. The normalized spacial score (nSPS) is 30.0. The van der Waals surface area contributed by atoms with Crippen molar-refractivity contribution in [1.82, 2.24) is 4.90 Å². The number of thiophene rings is 1. The van der Waals surface area contributed by atoms with Crippen molar-refractivity contribution in [3.8, 4) is 0 Å². The number of anilines is 1. The van der Waals surface area contributed by atoms with Crippen LogP contribution in [0.4, 0.5) is 5.00 Å². The van der Waals surface area contributed by atoms with Gasteiger partial charge in [0, 0.05) is 17.5 Å². The molecule has 0 spiro atoms. The first-order chi connectivity index (χ1) is 14.1. The van der Waals surface area contributed by atoms with Gasteiger partial charge in [-0.05, 0) is 67.8 Å². The average Bonchev–Trinajstić information content (AvgIpc) is 3.07. The minimum absolute atomic E-state index is 0.0128. The Balaban J connectivity index is 1.50. The molecule has 5 nitrogen and oxygen atoms in total. The van der Waals surface area contributed by atoms with E-state index in [-0.39, 0.29) is 11.9 Å². The molecule has 4 rings (SSSR count). The molecular formula is C24H36N2O3S. The molecule has 1 amide bonds. The fourth-order valence-corrected chi connectivity index (χ4v) is 7.79. The summed E-state index contributed by atoms with van der Waals surface area (Å²) < 4.78 is 5.33. The van der Waals surface area contributed by atoms with E-state index in [1.54, 1.807) is 11.3 Å². The van der Waals surface area contributed by atoms with E-state index < -0.39 is 0 Å². The molecule has 0 unspecified atom stereocenters. The fraction of sp³-hybridized carbons (Fsp3) is 0.750. The third-order valence-corrected chi connectivity index (χ3v) is 8.28. The maximum atomic E-state index is 13.0. The van der Waals surface area contributed by atoms with Crippen molar-refractivity contribution < 1.29 is 14.3 Å². The Kier molecular flexibility index (Phi) is 5.77. The van der Waals surface area contributed by atoms with Crippen LogP contribution < -0.4 is 5.32 Å². The lowest BCUT2D eigenvalue weighted by Gasteiger charge is -2.39. The third-order valence-electron chi connectivity index (χ3n) is 7.11. The second-order valence-corrected chi connectivity index (χ2v) is 12.0. The molecule has 0 aromatic carbocycles. The maximum Gasteiger partial charge on any atom is 0.341 e. The lowest BCUT2D eigenvalue weighted by atomic mass is 9.65. The molecule has 2 heterocycles. The van der Waals surface area contributed by atoms with Gasteiger partial charge in [-0.15, -0.1) is 11.3 Å². The Morgan fingerprint density at radius 1 is 1.27 bits per heavy atom. The van der Waals surface area contributed by atoms with Gasteiger partial charge >= 0.3 is 5.97 Å². The molecule has 166 valence electrons. The molecule has 1 saturated carbocycles. The van der Waals surface area contributed by atoms with Crippen LogP contribution in [0.25, 0.3) is 0 Å². The van der Waals surface area contributed by atoms with E-state index in [0.717, 1.165) is 37.8 Å². The van der Waals surface area contributed by atoms with Crippen LogP contribution in [0.3, 0.4) is 0 Å². The summed E-state index contributed by atoms with van der Waals surface area (Å²) in [5.74, 6) is 0.301. The molecule has 1 aliphatic heterocycles. The molecule has 1 aromatic rings. The molecule has 30 heavy (non-hydrogen) atoms. The summed E-state index contributed by atoms with van der Waals surface area (Å²) in [5, 5.41) is 3.79. The van der Waals surface area contributed by atoms with Gasteiger partial charge in [-0.25, -0.2) is 4.79 Å². The number of hydrogen-bond donors (Lipinski definition) is 1. The van der Waals surface area contributed by atoms with Gasteiger partial charge in [0.2, 0.25) is 5.91 Å². The minimum Gasteiger partial charge on any atom is -0.462 e. The number of carbonyl (C=O) groups excluding carboxylic acids is 2. The van der Waals surface area contributed by atoms with Gasteiger partial charge in [0.15, 0.2) is 0 Å². The topological polar surface area (TPSA) is 58.6 Å². The molecule has 2 fully saturated rings. The zero-order valence-electron chi connectivity index (χ0n) is 19.1. The van der Waals surface area contributed by atoms with Crippen LogP contribution in [0, 0.1) is 16.7 Å². The van der Waals surface area contributed by atoms with Crippen LogP contribution in [-0.2, 0) is 22.4 Å². The van der Waals surface area contributed by atoms with E-state index in [1.165, 1.54) is 17.7 Å². The smallest absolute Gasteiger partial charge is 0.341 e. The molecule has 1 aromatic heterocycles. The van der Waals surface area contributed by atoms with Crippen molar-refractivity contribution in [2.45, 2.75) is 79.2 Å². The zero-order chi connectivity index (χ0) is 21.7. The van der Waals surface area contributed by atoms with Gasteiger partial charge in [0.1, 0.15) is 5.00 Å². The van der Waals surface area contributed by atoms with E-state index in [4.69, 9.17) is 4.74 Å². The van der Waals surface area contributed by atoms with E-state index in [0.29, 0.717) is 46.5 Å². The molecule has 1 N–H and O–H groups in total. The molecule has 3 atom stereocenters. The maximum absolute atomic E-state index is 13.0. The lowest BCUT2D eigenvalue weighted by molar-refractivity contribution is -0.117. The van der Waals surface area contributed by atoms with Crippen LogP contribution in [-0.4, -0.2) is 42.5 Å². The van der Waals surface area contributed by atoms with Gasteiger partial charge in [0.25, 0.3) is 0 Å². The number of amides is 1. The summed E-state index contributed by atoms with van der Waals surface area (Å²) in [6.07, 6.45) is 6.49. The molecule has 0 radical (unpaired) electrons. The predicted octanol–water partition coefficient (Wildman–Crippen LogP) is 4.89. The highest BCUT2D eigenvalue weighted by atomic mass is 32.1. The predicted molar refractivity (Wildman–Crippen MR) is 121 cm³/mol. The quantitative estimate of drug-likeness (QED) is 0.673. The van der Waals surface area contributed by atoms with Gasteiger partial charge in [-0.1, -0.05) is 27.7 Å². The second-order valence-electron chi connectivity index (χ2n) is 10.9. The first kappa shape index (κ1) is 21.8. The number of nitrogens with zero attached hydrogens (tertiary/aromatic N) is 1.